The van der Waals surface area contributed by atoms with Crippen LogP contribution in [0, 0.1) is 5.92 Å². The van der Waals surface area contributed by atoms with E-state index in [4.69, 9.17) is 14.2 Å². The Hall–Kier alpha value is -0.650. The minimum Gasteiger partial charge on any atom is -0.468 e. The highest BCUT2D eigenvalue weighted by Gasteiger charge is 2.29. The van der Waals surface area contributed by atoms with Crippen molar-refractivity contribution in [2.75, 3.05) is 33.5 Å². The molecule has 2 aliphatic rings. The maximum Gasteiger partial charge on any atom is 0.325 e. The first-order chi connectivity index (χ1) is 8.29. The number of rotatable bonds is 7. The molecule has 1 aliphatic carbocycles. The van der Waals surface area contributed by atoms with Crippen LogP contribution in [-0.2, 0) is 19.0 Å². The molecule has 5 nitrogen and oxygen atoms in total. The van der Waals surface area contributed by atoms with Crippen molar-refractivity contribution in [1.29, 1.82) is 0 Å². The summed E-state index contributed by atoms with van der Waals surface area (Å²) >= 11 is 0. The zero-order valence-electron chi connectivity index (χ0n) is 10.3. The van der Waals surface area contributed by atoms with E-state index in [0.29, 0.717) is 25.2 Å². The standard InChI is InChI=1S/C12H21NO4/c1-15-12(14)11(13-10-2-3-10)8-17-7-9-4-5-16-6-9/h9-11,13H,2-8H2,1H3. The van der Waals surface area contributed by atoms with Crippen LogP contribution in [0.2, 0.25) is 0 Å². The molecular weight excluding hydrogens is 222 g/mol. The summed E-state index contributed by atoms with van der Waals surface area (Å²) in [4.78, 5) is 11.5. The van der Waals surface area contributed by atoms with E-state index in [1.54, 1.807) is 0 Å². The summed E-state index contributed by atoms with van der Waals surface area (Å²) in [6.45, 7) is 2.66. The normalized spacial score (nSPS) is 25.8. The molecule has 2 unspecified atom stereocenters. The number of hydrogen-bond acceptors (Lipinski definition) is 5. The van der Waals surface area contributed by atoms with Crippen LogP contribution in [0.4, 0.5) is 0 Å². The predicted molar refractivity (Wildman–Crippen MR) is 61.7 cm³/mol. The molecule has 98 valence electrons. The largest absolute Gasteiger partial charge is 0.468 e. The highest BCUT2D eigenvalue weighted by Crippen LogP contribution is 2.20. The summed E-state index contributed by atoms with van der Waals surface area (Å²) < 4.78 is 15.6. The maximum absolute atomic E-state index is 11.5. The van der Waals surface area contributed by atoms with Gasteiger partial charge < -0.3 is 14.2 Å². The number of esters is 1. The molecule has 0 aromatic heterocycles. The molecule has 2 rings (SSSR count). The van der Waals surface area contributed by atoms with E-state index in [1.165, 1.54) is 7.11 Å². The Labute approximate surface area is 102 Å². The molecule has 1 N–H and O–H groups in total. The van der Waals surface area contributed by atoms with Gasteiger partial charge in [-0.2, -0.15) is 0 Å². The molecule has 2 fully saturated rings. The van der Waals surface area contributed by atoms with E-state index in [-0.39, 0.29) is 12.0 Å². The third-order valence-electron chi connectivity index (χ3n) is 3.16. The Morgan fingerprint density at radius 2 is 2.29 bits per heavy atom. The second-order valence-corrected chi connectivity index (χ2v) is 4.78. The molecule has 0 spiro atoms. The minimum atomic E-state index is -0.324. The lowest BCUT2D eigenvalue weighted by molar-refractivity contribution is -0.145. The van der Waals surface area contributed by atoms with Crippen LogP contribution in [0.3, 0.4) is 0 Å². The van der Waals surface area contributed by atoms with Crippen LogP contribution in [-0.4, -0.2) is 51.6 Å². The topological polar surface area (TPSA) is 56.8 Å². The van der Waals surface area contributed by atoms with Gasteiger partial charge in [0.05, 0.1) is 26.9 Å². The summed E-state index contributed by atoms with van der Waals surface area (Å²) in [7, 11) is 1.41. The van der Waals surface area contributed by atoms with Crippen molar-refractivity contribution in [2.45, 2.75) is 31.3 Å². The lowest BCUT2D eigenvalue weighted by Crippen LogP contribution is -2.42. The lowest BCUT2D eigenvalue weighted by Gasteiger charge is -2.17. The molecule has 2 atom stereocenters. The number of ether oxygens (including phenoxy) is 3. The minimum absolute atomic E-state index is 0.237. The second-order valence-electron chi connectivity index (χ2n) is 4.78. The maximum atomic E-state index is 11.5. The fourth-order valence-electron chi connectivity index (χ4n) is 1.93. The SMILES string of the molecule is COC(=O)C(COCC1CCOC1)NC1CC1. The average Bonchev–Trinajstić information content (AvgIpc) is 3.01. The molecule has 5 heteroatoms. The van der Waals surface area contributed by atoms with Gasteiger partial charge in [-0.25, -0.2) is 0 Å². The van der Waals surface area contributed by atoms with Crippen molar-refractivity contribution in [1.82, 2.24) is 5.32 Å². The van der Waals surface area contributed by atoms with Crippen molar-refractivity contribution < 1.29 is 19.0 Å². The van der Waals surface area contributed by atoms with Gasteiger partial charge in [0.2, 0.25) is 0 Å². The Bertz CT molecular complexity index is 249. The quantitative estimate of drug-likeness (QED) is 0.653. The Morgan fingerprint density at radius 1 is 1.47 bits per heavy atom. The highest BCUT2D eigenvalue weighted by molar-refractivity contribution is 5.75. The van der Waals surface area contributed by atoms with Crippen LogP contribution in [0.15, 0.2) is 0 Å². The summed E-state index contributed by atoms with van der Waals surface area (Å²) in [5.41, 5.74) is 0. The van der Waals surface area contributed by atoms with Gasteiger partial charge in [-0.1, -0.05) is 0 Å². The Kier molecular flexibility index (Phi) is 4.76. The smallest absolute Gasteiger partial charge is 0.325 e. The Morgan fingerprint density at radius 3 is 2.88 bits per heavy atom. The highest BCUT2D eigenvalue weighted by atomic mass is 16.5. The third-order valence-corrected chi connectivity index (χ3v) is 3.16. The summed E-state index contributed by atoms with van der Waals surface area (Å²) in [6, 6.07) is 0.146. The van der Waals surface area contributed by atoms with Crippen molar-refractivity contribution in [3.05, 3.63) is 0 Å². The van der Waals surface area contributed by atoms with E-state index in [2.05, 4.69) is 5.32 Å². The number of hydrogen-bond donors (Lipinski definition) is 1. The van der Waals surface area contributed by atoms with Crippen molar-refractivity contribution >= 4 is 5.97 Å². The van der Waals surface area contributed by atoms with E-state index in [1.807, 2.05) is 0 Å². The molecule has 0 bridgehead atoms. The second kappa shape index (κ2) is 6.33. The van der Waals surface area contributed by atoms with Gasteiger partial charge in [0.25, 0.3) is 0 Å². The molecule has 1 aliphatic heterocycles. The lowest BCUT2D eigenvalue weighted by atomic mass is 10.1. The van der Waals surface area contributed by atoms with Crippen LogP contribution in [0.5, 0.6) is 0 Å². The van der Waals surface area contributed by atoms with Gasteiger partial charge in [-0.15, -0.1) is 0 Å². The van der Waals surface area contributed by atoms with Gasteiger partial charge in [-0.3, -0.25) is 10.1 Å². The van der Waals surface area contributed by atoms with Crippen molar-refractivity contribution in [3.8, 4) is 0 Å². The molecule has 0 aromatic rings. The molecular formula is C12H21NO4. The molecule has 0 aromatic carbocycles. The van der Waals surface area contributed by atoms with E-state index < -0.39 is 0 Å². The van der Waals surface area contributed by atoms with Crippen molar-refractivity contribution in [2.24, 2.45) is 5.92 Å². The van der Waals surface area contributed by atoms with Crippen LogP contribution in [0.1, 0.15) is 19.3 Å². The van der Waals surface area contributed by atoms with Crippen LogP contribution in [0.25, 0.3) is 0 Å². The zero-order valence-corrected chi connectivity index (χ0v) is 10.3. The molecule has 1 heterocycles. The van der Waals surface area contributed by atoms with Gasteiger partial charge in [0, 0.05) is 18.6 Å². The first-order valence-corrected chi connectivity index (χ1v) is 6.29. The summed E-state index contributed by atoms with van der Waals surface area (Å²) in [5.74, 6) is 0.244. The molecule has 1 saturated carbocycles. The Balaban J connectivity index is 1.66. The van der Waals surface area contributed by atoms with Crippen LogP contribution < -0.4 is 5.32 Å². The van der Waals surface area contributed by atoms with E-state index in [9.17, 15) is 4.79 Å². The molecule has 1 saturated heterocycles. The van der Waals surface area contributed by atoms with Gasteiger partial charge >= 0.3 is 5.97 Å². The van der Waals surface area contributed by atoms with E-state index >= 15 is 0 Å². The van der Waals surface area contributed by atoms with E-state index in [0.717, 1.165) is 32.5 Å². The number of carbonyl (C=O) groups excluding carboxylic acids is 1. The van der Waals surface area contributed by atoms with Gasteiger partial charge in [0.1, 0.15) is 6.04 Å². The molecule has 0 radical (unpaired) electrons. The van der Waals surface area contributed by atoms with Crippen molar-refractivity contribution in [3.63, 3.8) is 0 Å². The van der Waals surface area contributed by atoms with Gasteiger partial charge in [-0.05, 0) is 19.3 Å². The number of carbonyl (C=O) groups is 1. The van der Waals surface area contributed by atoms with Crippen LogP contribution >= 0.6 is 0 Å². The third kappa shape index (κ3) is 4.26. The zero-order chi connectivity index (χ0) is 12.1. The summed E-state index contributed by atoms with van der Waals surface area (Å²) in [5, 5.41) is 3.24. The number of methoxy groups -OCH3 is 1. The van der Waals surface area contributed by atoms with Gasteiger partial charge in [0.15, 0.2) is 0 Å². The molecule has 0 amide bonds. The fourth-order valence-corrected chi connectivity index (χ4v) is 1.93. The molecule has 17 heavy (non-hydrogen) atoms. The predicted octanol–water partition coefficient (Wildman–Crippen LogP) is 0.333. The first-order valence-electron chi connectivity index (χ1n) is 6.29. The average molecular weight is 243 g/mol. The number of nitrogens with one attached hydrogen (secondary N) is 1. The summed E-state index contributed by atoms with van der Waals surface area (Å²) in [6.07, 6.45) is 3.34. The monoisotopic (exact) mass is 243 g/mol. The fraction of sp³-hybridized carbons (Fsp3) is 0.917. The first kappa shape index (κ1) is 12.8.